The third kappa shape index (κ3) is 4.02. The molecule has 2 heterocycles. The van der Waals surface area contributed by atoms with Crippen LogP contribution in [0.4, 0.5) is 13.2 Å². The second kappa shape index (κ2) is 7.89. The van der Waals surface area contributed by atoms with Gasteiger partial charge in [0.15, 0.2) is 0 Å². The highest BCUT2D eigenvalue weighted by atomic mass is 19.4. The van der Waals surface area contributed by atoms with Crippen LogP contribution in [0.1, 0.15) is 25.7 Å². The number of halogens is 3. The SMILES string of the molecule is OC[C@H]1[C@@H](O)[C@H](O)[C@@H](O)CN1CC1CN([C@H]2CCCC[C@H]2C(F)(F)F)C1. The maximum Gasteiger partial charge on any atom is 0.393 e. The molecule has 26 heavy (non-hydrogen) atoms. The van der Waals surface area contributed by atoms with Gasteiger partial charge in [-0.25, -0.2) is 0 Å². The molecule has 152 valence electrons. The molecule has 3 rings (SSSR count). The highest BCUT2D eigenvalue weighted by Crippen LogP contribution is 2.42. The third-order valence-electron chi connectivity index (χ3n) is 6.31. The van der Waals surface area contributed by atoms with Gasteiger partial charge in [0.05, 0.1) is 24.7 Å². The molecule has 3 aliphatic rings. The zero-order valence-electron chi connectivity index (χ0n) is 14.7. The first-order valence-corrected chi connectivity index (χ1v) is 9.42. The second-order valence-electron chi connectivity index (χ2n) is 8.07. The number of hydrogen-bond donors (Lipinski definition) is 4. The smallest absolute Gasteiger partial charge is 0.393 e. The topological polar surface area (TPSA) is 87.4 Å². The average Bonchev–Trinajstić information content (AvgIpc) is 2.55. The summed E-state index contributed by atoms with van der Waals surface area (Å²) in [4.78, 5) is 3.65. The van der Waals surface area contributed by atoms with Gasteiger partial charge in [0.1, 0.15) is 12.2 Å². The van der Waals surface area contributed by atoms with E-state index in [9.17, 15) is 33.6 Å². The lowest BCUT2D eigenvalue weighted by Gasteiger charge is -2.51. The number of alkyl halides is 3. The minimum atomic E-state index is -4.16. The molecule has 0 aromatic rings. The summed E-state index contributed by atoms with van der Waals surface area (Å²) in [5.74, 6) is -1.12. The average molecular weight is 382 g/mol. The Kier molecular flexibility index (Phi) is 6.15. The van der Waals surface area contributed by atoms with Crippen LogP contribution in [0, 0.1) is 11.8 Å². The highest BCUT2D eigenvalue weighted by Gasteiger charge is 2.50. The lowest BCUT2D eigenvalue weighted by molar-refractivity contribution is -0.207. The van der Waals surface area contributed by atoms with Crippen LogP contribution in [0.25, 0.3) is 0 Å². The lowest BCUT2D eigenvalue weighted by Crippen LogP contribution is -2.66. The van der Waals surface area contributed by atoms with E-state index in [1.165, 1.54) is 0 Å². The minimum absolute atomic E-state index is 0.133. The Bertz CT molecular complexity index is 475. The van der Waals surface area contributed by atoms with Gasteiger partial charge in [-0.15, -0.1) is 0 Å². The molecule has 6 nitrogen and oxygen atoms in total. The zero-order valence-corrected chi connectivity index (χ0v) is 14.7. The van der Waals surface area contributed by atoms with Crippen LogP contribution in [0.15, 0.2) is 0 Å². The quantitative estimate of drug-likeness (QED) is 0.539. The van der Waals surface area contributed by atoms with Gasteiger partial charge in [-0.2, -0.15) is 13.2 Å². The van der Waals surface area contributed by atoms with Gasteiger partial charge < -0.3 is 20.4 Å². The van der Waals surface area contributed by atoms with E-state index in [2.05, 4.69) is 0 Å². The normalized spacial score (nSPS) is 41.2. The van der Waals surface area contributed by atoms with Crippen LogP contribution in [0.3, 0.4) is 0 Å². The van der Waals surface area contributed by atoms with Crippen molar-refractivity contribution in [3.63, 3.8) is 0 Å². The Morgan fingerprint density at radius 3 is 2.19 bits per heavy atom. The summed E-state index contributed by atoms with van der Waals surface area (Å²) >= 11 is 0. The van der Waals surface area contributed by atoms with Crippen molar-refractivity contribution in [2.45, 2.75) is 62.3 Å². The van der Waals surface area contributed by atoms with E-state index in [0.717, 1.165) is 6.42 Å². The van der Waals surface area contributed by atoms with Crippen molar-refractivity contribution in [2.24, 2.45) is 11.8 Å². The predicted octanol–water partition coefficient (Wildman–Crippen LogP) is -0.202. The Hall–Kier alpha value is -0.450. The fourth-order valence-electron chi connectivity index (χ4n) is 4.85. The summed E-state index contributed by atoms with van der Waals surface area (Å²) in [6.45, 7) is 1.38. The maximum atomic E-state index is 13.3. The van der Waals surface area contributed by atoms with Crippen molar-refractivity contribution in [3.8, 4) is 0 Å². The third-order valence-corrected chi connectivity index (χ3v) is 6.31. The van der Waals surface area contributed by atoms with E-state index in [1.54, 1.807) is 4.90 Å². The maximum absolute atomic E-state index is 13.3. The molecule has 0 amide bonds. The van der Waals surface area contributed by atoms with Crippen molar-refractivity contribution < 1.29 is 33.6 Å². The monoisotopic (exact) mass is 382 g/mol. The molecule has 9 heteroatoms. The van der Waals surface area contributed by atoms with Gasteiger partial charge in [-0.3, -0.25) is 9.80 Å². The first kappa shape index (κ1) is 20.3. The number of aliphatic hydroxyl groups is 4. The van der Waals surface area contributed by atoms with Crippen molar-refractivity contribution >= 4 is 0 Å². The first-order chi connectivity index (χ1) is 12.2. The largest absolute Gasteiger partial charge is 0.395 e. The van der Waals surface area contributed by atoms with Crippen molar-refractivity contribution in [2.75, 3.05) is 32.8 Å². The molecule has 0 aromatic heterocycles. The standard InChI is InChI=1S/C17H29F3N2O4/c18-17(19,20)11-3-1-2-4-12(11)21-5-10(6-21)7-22-8-14(24)16(26)15(25)13(22)9-23/h10-16,23-26H,1-9H2/t11-,12+,13+,14+,15-,16-/m1/s1. The lowest BCUT2D eigenvalue weighted by atomic mass is 9.80. The molecule has 1 saturated carbocycles. The van der Waals surface area contributed by atoms with Gasteiger partial charge in [-0.05, 0) is 18.8 Å². The number of hydrogen-bond acceptors (Lipinski definition) is 6. The zero-order chi connectivity index (χ0) is 19.1. The van der Waals surface area contributed by atoms with Crippen LogP contribution in [0.5, 0.6) is 0 Å². The number of β-amino-alcohol motifs (C(OH)–C–C–N with tert-alkyl or cyclic N) is 1. The number of rotatable bonds is 4. The van der Waals surface area contributed by atoms with Crippen molar-refractivity contribution in [1.82, 2.24) is 9.80 Å². The summed E-state index contributed by atoms with van der Waals surface area (Å²) in [5.41, 5.74) is 0. The molecule has 0 bridgehead atoms. The molecule has 1 aliphatic carbocycles. The number of nitrogens with zero attached hydrogens (tertiary/aromatic N) is 2. The summed E-state index contributed by atoms with van der Waals surface area (Å²) in [5, 5.41) is 39.1. The molecule has 2 saturated heterocycles. The number of piperidine rings is 1. The summed E-state index contributed by atoms with van der Waals surface area (Å²) in [6.07, 6.45) is -5.57. The molecule has 4 N–H and O–H groups in total. The highest BCUT2D eigenvalue weighted by molar-refractivity contribution is 4.98. The van der Waals surface area contributed by atoms with Gasteiger partial charge >= 0.3 is 6.18 Å². The van der Waals surface area contributed by atoms with Crippen molar-refractivity contribution in [1.29, 1.82) is 0 Å². The Morgan fingerprint density at radius 2 is 1.58 bits per heavy atom. The Morgan fingerprint density at radius 1 is 0.923 bits per heavy atom. The van der Waals surface area contributed by atoms with Gasteiger partial charge in [-0.1, -0.05) is 12.8 Å². The fraction of sp³-hybridized carbons (Fsp3) is 1.00. The number of aliphatic hydroxyl groups excluding tert-OH is 4. The first-order valence-electron chi connectivity index (χ1n) is 9.42. The number of likely N-dealkylation sites (tertiary alicyclic amines) is 2. The van der Waals surface area contributed by atoms with Gasteiger partial charge in [0.2, 0.25) is 0 Å². The summed E-state index contributed by atoms with van der Waals surface area (Å²) in [7, 11) is 0. The molecular formula is C17H29F3N2O4. The van der Waals surface area contributed by atoms with E-state index < -0.39 is 42.5 Å². The molecule has 3 fully saturated rings. The molecular weight excluding hydrogens is 353 g/mol. The van der Waals surface area contributed by atoms with Crippen LogP contribution in [-0.2, 0) is 0 Å². The van der Waals surface area contributed by atoms with Gasteiger partial charge in [0.25, 0.3) is 0 Å². The van der Waals surface area contributed by atoms with E-state index >= 15 is 0 Å². The van der Waals surface area contributed by atoms with E-state index in [1.807, 2.05) is 4.90 Å². The molecule has 0 unspecified atom stereocenters. The Labute approximate surface area is 151 Å². The second-order valence-corrected chi connectivity index (χ2v) is 8.07. The summed E-state index contributed by atoms with van der Waals surface area (Å²) in [6, 6.07) is -1.12. The van der Waals surface area contributed by atoms with Crippen molar-refractivity contribution in [3.05, 3.63) is 0 Å². The van der Waals surface area contributed by atoms with Crippen LogP contribution in [0.2, 0.25) is 0 Å². The van der Waals surface area contributed by atoms with Crippen LogP contribution >= 0.6 is 0 Å². The molecule has 6 atom stereocenters. The van der Waals surface area contributed by atoms with Gasteiger partial charge in [0, 0.05) is 32.2 Å². The summed E-state index contributed by atoms with van der Waals surface area (Å²) < 4.78 is 39.8. The fourth-order valence-corrected chi connectivity index (χ4v) is 4.85. The Balaban J connectivity index is 1.54. The van der Waals surface area contributed by atoms with E-state index in [4.69, 9.17) is 0 Å². The van der Waals surface area contributed by atoms with E-state index in [-0.39, 0.29) is 25.5 Å². The van der Waals surface area contributed by atoms with Crippen LogP contribution in [-0.4, -0.2) is 99.6 Å². The van der Waals surface area contributed by atoms with E-state index in [0.29, 0.717) is 32.5 Å². The molecule has 2 aliphatic heterocycles. The predicted molar refractivity (Wildman–Crippen MR) is 87.3 cm³/mol. The molecule has 0 aromatic carbocycles. The van der Waals surface area contributed by atoms with Crippen LogP contribution < -0.4 is 0 Å². The molecule has 0 spiro atoms. The minimum Gasteiger partial charge on any atom is -0.395 e. The molecule has 0 radical (unpaired) electrons.